The van der Waals surface area contributed by atoms with Crippen LogP contribution in [0.15, 0.2) is 41.8 Å². The molecule has 170 valence electrons. The number of nitrogens with zero attached hydrogens (tertiary/aromatic N) is 1. The fraction of sp³-hybridized carbons (Fsp3) is 0.208. The molecule has 0 spiro atoms. The number of nitrogen functional groups attached to an aromatic ring is 1. The normalized spacial score (nSPS) is 11.0. The van der Waals surface area contributed by atoms with Crippen LogP contribution < -0.4 is 11.1 Å². The van der Waals surface area contributed by atoms with Gasteiger partial charge in [0.25, 0.3) is 5.91 Å². The average Bonchev–Trinajstić information content (AvgIpc) is 3.36. The summed E-state index contributed by atoms with van der Waals surface area (Å²) in [6.45, 7) is 4.05. The van der Waals surface area contributed by atoms with Gasteiger partial charge in [0.1, 0.15) is 20.3 Å². The molecule has 0 fully saturated rings. The Balaban J connectivity index is 1.70. The average molecular weight is 500 g/mol. The SMILES string of the molecule is CCCc1ccc2c(N)c(C(=O)Nc3scc(-c4ccc(Cl)cc4)c3C(=O)OCC)sc2n1. The van der Waals surface area contributed by atoms with Crippen LogP contribution in [-0.2, 0) is 11.2 Å². The Bertz CT molecular complexity index is 1330. The Labute approximate surface area is 204 Å². The number of thiophene rings is 2. The zero-order chi connectivity index (χ0) is 23.5. The largest absolute Gasteiger partial charge is 0.462 e. The minimum absolute atomic E-state index is 0.219. The van der Waals surface area contributed by atoms with Gasteiger partial charge in [-0.15, -0.1) is 22.7 Å². The highest BCUT2D eigenvalue weighted by atomic mass is 35.5. The first-order chi connectivity index (χ1) is 15.9. The van der Waals surface area contributed by atoms with Gasteiger partial charge in [-0.05, 0) is 43.2 Å². The standard InChI is InChI=1S/C24H22ClN3O3S2/c1-3-5-15-10-11-16-19(26)20(33-22(16)27-15)21(29)28-23-18(24(30)31-4-2)17(12-32-23)13-6-8-14(25)9-7-13/h6-12H,3-5,26H2,1-2H3,(H,28,29). The third-order valence-corrected chi connectivity index (χ3v) is 7.28. The number of anilines is 2. The highest BCUT2D eigenvalue weighted by Crippen LogP contribution is 2.38. The number of carbonyl (C=O) groups excluding carboxylic acids is 2. The first-order valence-corrected chi connectivity index (χ1v) is 12.5. The van der Waals surface area contributed by atoms with Crippen LogP contribution in [0.25, 0.3) is 21.3 Å². The fourth-order valence-electron chi connectivity index (χ4n) is 3.46. The van der Waals surface area contributed by atoms with E-state index in [-0.39, 0.29) is 12.5 Å². The van der Waals surface area contributed by atoms with Crippen molar-refractivity contribution in [2.24, 2.45) is 0 Å². The van der Waals surface area contributed by atoms with Crippen LogP contribution in [-0.4, -0.2) is 23.5 Å². The maximum atomic E-state index is 13.2. The molecule has 6 nitrogen and oxygen atoms in total. The number of hydrogen-bond donors (Lipinski definition) is 2. The van der Waals surface area contributed by atoms with Crippen molar-refractivity contribution < 1.29 is 14.3 Å². The van der Waals surface area contributed by atoms with E-state index in [1.165, 1.54) is 22.7 Å². The van der Waals surface area contributed by atoms with Crippen molar-refractivity contribution in [1.82, 2.24) is 4.98 Å². The summed E-state index contributed by atoms with van der Waals surface area (Å²) in [6, 6.07) is 11.0. The summed E-state index contributed by atoms with van der Waals surface area (Å²) >= 11 is 8.51. The van der Waals surface area contributed by atoms with E-state index in [9.17, 15) is 9.59 Å². The molecule has 0 atom stereocenters. The maximum Gasteiger partial charge on any atom is 0.341 e. The first-order valence-electron chi connectivity index (χ1n) is 10.5. The van der Waals surface area contributed by atoms with Crippen LogP contribution in [0.1, 0.15) is 46.0 Å². The summed E-state index contributed by atoms with van der Waals surface area (Å²) in [6.07, 6.45) is 1.85. The summed E-state index contributed by atoms with van der Waals surface area (Å²) in [5, 5.41) is 6.43. The van der Waals surface area contributed by atoms with E-state index in [1.807, 2.05) is 29.6 Å². The van der Waals surface area contributed by atoms with Crippen molar-refractivity contribution in [3.05, 3.63) is 62.9 Å². The first kappa shape index (κ1) is 23.2. The number of carbonyl (C=O) groups is 2. The van der Waals surface area contributed by atoms with E-state index >= 15 is 0 Å². The maximum absolute atomic E-state index is 13.2. The number of aromatic nitrogens is 1. The Morgan fingerprint density at radius 3 is 2.61 bits per heavy atom. The van der Waals surface area contributed by atoms with Gasteiger partial charge < -0.3 is 15.8 Å². The molecule has 1 amide bonds. The fourth-order valence-corrected chi connectivity index (χ4v) is 5.54. The highest BCUT2D eigenvalue weighted by molar-refractivity contribution is 7.21. The minimum Gasteiger partial charge on any atom is -0.462 e. The van der Waals surface area contributed by atoms with E-state index < -0.39 is 5.97 Å². The zero-order valence-corrected chi connectivity index (χ0v) is 20.5. The quantitative estimate of drug-likeness (QED) is 0.278. The Morgan fingerprint density at radius 2 is 1.91 bits per heavy atom. The molecule has 0 radical (unpaired) electrons. The van der Waals surface area contributed by atoms with Gasteiger partial charge in [0.15, 0.2) is 0 Å². The van der Waals surface area contributed by atoms with Crippen molar-refractivity contribution in [2.45, 2.75) is 26.7 Å². The summed E-state index contributed by atoms with van der Waals surface area (Å²) < 4.78 is 5.27. The molecule has 0 saturated heterocycles. The predicted octanol–water partition coefficient (Wildman–Crippen LogP) is 6.64. The molecule has 0 unspecified atom stereocenters. The summed E-state index contributed by atoms with van der Waals surface area (Å²) in [5.41, 5.74) is 9.41. The number of benzene rings is 1. The molecule has 0 bridgehead atoms. The van der Waals surface area contributed by atoms with E-state index in [0.717, 1.165) is 34.3 Å². The van der Waals surface area contributed by atoms with Crippen molar-refractivity contribution in [2.75, 3.05) is 17.7 Å². The number of aryl methyl sites for hydroxylation is 1. The number of halogens is 1. The molecule has 3 heterocycles. The Kier molecular flexibility index (Phi) is 6.97. The number of pyridine rings is 1. The monoisotopic (exact) mass is 499 g/mol. The molecule has 4 rings (SSSR count). The van der Waals surface area contributed by atoms with Crippen LogP contribution in [0.3, 0.4) is 0 Å². The van der Waals surface area contributed by atoms with Gasteiger partial charge in [-0.3, -0.25) is 4.79 Å². The smallest absolute Gasteiger partial charge is 0.341 e. The van der Waals surface area contributed by atoms with Crippen LogP contribution >= 0.6 is 34.3 Å². The Morgan fingerprint density at radius 1 is 1.15 bits per heavy atom. The number of fused-ring (bicyclic) bond motifs is 1. The van der Waals surface area contributed by atoms with Crippen molar-refractivity contribution in [1.29, 1.82) is 0 Å². The molecule has 4 aromatic rings. The van der Waals surface area contributed by atoms with Crippen LogP contribution in [0.4, 0.5) is 10.7 Å². The summed E-state index contributed by atoms with van der Waals surface area (Å²) in [7, 11) is 0. The lowest BCUT2D eigenvalue weighted by molar-refractivity contribution is 0.0529. The second-order valence-electron chi connectivity index (χ2n) is 7.29. The number of nitrogens with one attached hydrogen (secondary N) is 1. The molecule has 1 aromatic carbocycles. The minimum atomic E-state index is -0.505. The number of rotatable bonds is 7. The molecule has 3 aromatic heterocycles. The lowest BCUT2D eigenvalue weighted by atomic mass is 10.0. The highest BCUT2D eigenvalue weighted by Gasteiger charge is 2.25. The molecular weight excluding hydrogens is 478 g/mol. The van der Waals surface area contributed by atoms with Gasteiger partial charge in [-0.2, -0.15) is 0 Å². The number of nitrogens with two attached hydrogens (primary N) is 1. The number of esters is 1. The second kappa shape index (κ2) is 9.91. The van der Waals surface area contributed by atoms with Crippen molar-refractivity contribution in [3.8, 4) is 11.1 Å². The Hall–Kier alpha value is -2.94. The van der Waals surface area contributed by atoms with Gasteiger partial charge in [-0.1, -0.05) is 37.1 Å². The summed E-state index contributed by atoms with van der Waals surface area (Å²) in [4.78, 5) is 31.7. The van der Waals surface area contributed by atoms with Gasteiger partial charge in [0.05, 0.1) is 12.3 Å². The second-order valence-corrected chi connectivity index (χ2v) is 9.60. The third kappa shape index (κ3) is 4.73. The lowest BCUT2D eigenvalue weighted by Crippen LogP contribution is -2.14. The molecular formula is C24H22ClN3O3S2. The molecule has 0 saturated carbocycles. The molecule has 33 heavy (non-hydrogen) atoms. The van der Waals surface area contributed by atoms with Gasteiger partial charge in [-0.25, -0.2) is 9.78 Å². The van der Waals surface area contributed by atoms with E-state index in [4.69, 9.17) is 22.1 Å². The number of hydrogen-bond acceptors (Lipinski definition) is 7. The van der Waals surface area contributed by atoms with Crippen molar-refractivity contribution >= 4 is 67.1 Å². The lowest BCUT2D eigenvalue weighted by Gasteiger charge is -2.09. The van der Waals surface area contributed by atoms with Gasteiger partial charge in [0.2, 0.25) is 0 Å². The number of ether oxygens (including phenoxy) is 1. The summed E-state index contributed by atoms with van der Waals surface area (Å²) in [5.74, 6) is -0.892. The molecule has 0 aliphatic carbocycles. The van der Waals surface area contributed by atoms with Gasteiger partial charge in [0, 0.05) is 27.0 Å². The van der Waals surface area contributed by atoms with E-state index in [1.54, 1.807) is 19.1 Å². The third-order valence-electron chi connectivity index (χ3n) is 5.02. The van der Waals surface area contributed by atoms with E-state index in [0.29, 0.717) is 31.7 Å². The topological polar surface area (TPSA) is 94.3 Å². The molecule has 3 N–H and O–H groups in total. The number of amides is 1. The predicted molar refractivity (Wildman–Crippen MR) is 137 cm³/mol. The molecule has 0 aliphatic heterocycles. The van der Waals surface area contributed by atoms with Crippen LogP contribution in [0.2, 0.25) is 5.02 Å². The van der Waals surface area contributed by atoms with Crippen molar-refractivity contribution in [3.63, 3.8) is 0 Å². The zero-order valence-electron chi connectivity index (χ0n) is 18.1. The van der Waals surface area contributed by atoms with Crippen LogP contribution in [0.5, 0.6) is 0 Å². The molecule has 9 heteroatoms. The van der Waals surface area contributed by atoms with Crippen LogP contribution in [0, 0.1) is 0 Å². The van der Waals surface area contributed by atoms with Gasteiger partial charge >= 0.3 is 5.97 Å². The molecule has 0 aliphatic rings. The van der Waals surface area contributed by atoms with E-state index in [2.05, 4.69) is 17.2 Å².